The summed E-state index contributed by atoms with van der Waals surface area (Å²) in [5, 5.41) is 0. The summed E-state index contributed by atoms with van der Waals surface area (Å²) >= 11 is 0. The summed E-state index contributed by atoms with van der Waals surface area (Å²) in [6.07, 6.45) is 2.42. The highest BCUT2D eigenvalue weighted by molar-refractivity contribution is 5.75. The summed E-state index contributed by atoms with van der Waals surface area (Å²) in [5.74, 6) is -0.282. The average Bonchev–Trinajstić information content (AvgIpc) is 2.76. The Morgan fingerprint density at radius 1 is 1.47 bits per heavy atom. The summed E-state index contributed by atoms with van der Waals surface area (Å²) in [5.41, 5.74) is 0. The summed E-state index contributed by atoms with van der Waals surface area (Å²) in [4.78, 5) is 24.3. The molecule has 1 unspecified atom stereocenters. The minimum absolute atomic E-state index is 0.0233. The van der Waals surface area contributed by atoms with Crippen LogP contribution in [0.4, 0.5) is 0 Å². The van der Waals surface area contributed by atoms with Crippen LogP contribution in [0.15, 0.2) is 0 Å². The summed E-state index contributed by atoms with van der Waals surface area (Å²) in [6, 6.07) is 0. The molecule has 0 saturated carbocycles. The predicted octanol–water partition coefficient (Wildman–Crippen LogP) is 0.967. The molecule has 0 spiro atoms. The average molecular weight is 243 g/mol. The highest BCUT2D eigenvalue weighted by Gasteiger charge is 2.21. The zero-order valence-electron chi connectivity index (χ0n) is 10.6. The van der Waals surface area contributed by atoms with Gasteiger partial charge in [0.15, 0.2) is 0 Å². The largest absolute Gasteiger partial charge is 0.466 e. The van der Waals surface area contributed by atoms with Crippen LogP contribution in [0.2, 0.25) is 0 Å². The van der Waals surface area contributed by atoms with Crippen molar-refractivity contribution in [3.63, 3.8) is 0 Å². The van der Waals surface area contributed by atoms with Crippen molar-refractivity contribution < 1.29 is 19.1 Å². The molecule has 1 saturated heterocycles. The van der Waals surface area contributed by atoms with Gasteiger partial charge in [0, 0.05) is 26.6 Å². The third-order valence-corrected chi connectivity index (χ3v) is 2.78. The Kier molecular flexibility index (Phi) is 5.97. The van der Waals surface area contributed by atoms with Crippen LogP contribution in [0.5, 0.6) is 0 Å². The second-order valence-corrected chi connectivity index (χ2v) is 4.16. The van der Waals surface area contributed by atoms with Gasteiger partial charge in [-0.15, -0.1) is 0 Å². The van der Waals surface area contributed by atoms with E-state index in [1.54, 1.807) is 11.8 Å². The zero-order valence-corrected chi connectivity index (χ0v) is 10.6. The van der Waals surface area contributed by atoms with E-state index in [-0.39, 0.29) is 24.4 Å². The second kappa shape index (κ2) is 7.27. The molecule has 98 valence electrons. The molecule has 1 atom stereocenters. The molecule has 1 rings (SSSR count). The lowest BCUT2D eigenvalue weighted by molar-refractivity contribution is -0.144. The van der Waals surface area contributed by atoms with Crippen LogP contribution in [-0.4, -0.2) is 49.2 Å². The lowest BCUT2D eigenvalue weighted by atomic mass is 10.2. The van der Waals surface area contributed by atoms with Crippen LogP contribution in [0.25, 0.3) is 0 Å². The summed E-state index contributed by atoms with van der Waals surface area (Å²) < 4.78 is 10.3. The third kappa shape index (κ3) is 5.17. The molecule has 0 aromatic heterocycles. The normalized spacial score (nSPS) is 19.1. The smallest absolute Gasteiger partial charge is 0.307 e. The minimum atomic E-state index is -0.258. The van der Waals surface area contributed by atoms with Crippen LogP contribution in [0.1, 0.15) is 33.1 Å². The number of hydrogen-bond acceptors (Lipinski definition) is 4. The first-order valence-electron chi connectivity index (χ1n) is 6.16. The summed E-state index contributed by atoms with van der Waals surface area (Å²) in [6.45, 7) is 5.43. The third-order valence-electron chi connectivity index (χ3n) is 2.78. The molecule has 0 bridgehead atoms. The second-order valence-electron chi connectivity index (χ2n) is 4.16. The van der Waals surface area contributed by atoms with E-state index in [1.807, 2.05) is 0 Å². The van der Waals surface area contributed by atoms with Gasteiger partial charge in [0.2, 0.25) is 5.91 Å². The monoisotopic (exact) mass is 243 g/mol. The van der Waals surface area contributed by atoms with Crippen molar-refractivity contribution >= 4 is 11.9 Å². The topological polar surface area (TPSA) is 55.8 Å². The number of esters is 1. The van der Waals surface area contributed by atoms with E-state index in [1.165, 1.54) is 6.92 Å². The van der Waals surface area contributed by atoms with Crippen LogP contribution in [0, 0.1) is 0 Å². The van der Waals surface area contributed by atoms with Crippen molar-refractivity contribution in [3.05, 3.63) is 0 Å². The van der Waals surface area contributed by atoms with Crippen molar-refractivity contribution in [2.75, 3.05) is 26.3 Å². The van der Waals surface area contributed by atoms with Gasteiger partial charge in [0.05, 0.1) is 19.1 Å². The quantitative estimate of drug-likeness (QED) is 0.652. The van der Waals surface area contributed by atoms with Gasteiger partial charge < -0.3 is 14.4 Å². The molecule has 1 aliphatic heterocycles. The van der Waals surface area contributed by atoms with Crippen molar-refractivity contribution in [2.24, 2.45) is 0 Å². The number of amides is 1. The van der Waals surface area contributed by atoms with Gasteiger partial charge in [0.1, 0.15) is 0 Å². The fourth-order valence-electron chi connectivity index (χ4n) is 1.87. The number of carbonyl (C=O) groups excluding carboxylic acids is 2. The first-order valence-corrected chi connectivity index (χ1v) is 6.16. The van der Waals surface area contributed by atoms with E-state index < -0.39 is 0 Å². The van der Waals surface area contributed by atoms with Crippen LogP contribution < -0.4 is 0 Å². The molecule has 1 heterocycles. The molecule has 0 aliphatic carbocycles. The van der Waals surface area contributed by atoms with Gasteiger partial charge in [-0.3, -0.25) is 9.59 Å². The van der Waals surface area contributed by atoms with E-state index >= 15 is 0 Å². The maximum absolute atomic E-state index is 11.4. The molecule has 17 heavy (non-hydrogen) atoms. The first kappa shape index (κ1) is 14.0. The number of carbonyl (C=O) groups is 2. The van der Waals surface area contributed by atoms with E-state index in [9.17, 15) is 9.59 Å². The Morgan fingerprint density at radius 2 is 2.24 bits per heavy atom. The van der Waals surface area contributed by atoms with Gasteiger partial charge in [-0.05, 0) is 19.8 Å². The molecule has 1 aliphatic rings. The van der Waals surface area contributed by atoms with Crippen molar-refractivity contribution in [1.82, 2.24) is 4.90 Å². The zero-order chi connectivity index (χ0) is 12.7. The van der Waals surface area contributed by atoms with Gasteiger partial charge >= 0.3 is 5.97 Å². The standard InChI is InChI=1S/C12H21NO4/c1-3-16-12(15)6-7-13(10(2)14)9-11-5-4-8-17-11/h11H,3-9H2,1-2H3. The molecule has 1 fully saturated rings. The fraction of sp³-hybridized carbons (Fsp3) is 0.833. The molecule has 5 nitrogen and oxygen atoms in total. The molecule has 0 N–H and O–H groups in total. The number of rotatable bonds is 6. The van der Waals surface area contributed by atoms with E-state index in [0.717, 1.165) is 19.4 Å². The predicted molar refractivity (Wildman–Crippen MR) is 62.5 cm³/mol. The first-order chi connectivity index (χ1) is 8.13. The Labute approximate surface area is 102 Å². The molecule has 0 aromatic rings. The van der Waals surface area contributed by atoms with E-state index in [2.05, 4.69) is 0 Å². The highest BCUT2D eigenvalue weighted by atomic mass is 16.5. The van der Waals surface area contributed by atoms with Gasteiger partial charge in [-0.25, -0.2) is 0 Å². The molecular formula is C12H21NO4. The Balaban J connectivity index is 2.32. The maximum atomic E-state index is 11.4. The Bertz CT molecular complexity index is 261. The van der Waals surface area contributed by atoms with Gasteiger partial charge in [0.25, 0.3) is 0 Å². The highest BCUT2D eigenvalue weighted by Crippen LogP contribution is 2.13. The van der Waals surface area contributed by atoms with Crippen molar-refractivity contribution in [3.8, 4) is 0 Å². The van der Waals surface area contributed by atoms with Crippen LogP contribution in [0.3, 0.4) is 0 Å². The molecular weight excluding hydrogens is 222 g/mol. The van der Waals surface area contributed by atoms with E-state index in [4.69, 9.17) is 9.47 Å². The lowest BCUT2D eigenvalue weighted by Crippen LogP contribution is -2.37. The Hall–Kier alpha value is -1.10. The summed E-state index contributed by atoms with van der Waals surface area (Å²) in [7, 11) is 0. The lowest BCUT2D eigenvalue weighted by Gasteiger charge is -2.23. The van der Waals surface area contributed by atoms with Crippen LogP contribution in [-0.2, 0) is 19.1 Å². The molecule has 0 radical (unpaired) electrons. The van der Waals surface area contributed by atoms with Crippen molar-refractivity contribution in [1.29, 1.82) is 0 Å². The van der Waals surface area contributed by atoms with Gasteiger partial charge in [-0.2, -0.15) is 0 Å². The fourth-order valence-corrected chi connectivity index (χ4v) is 1.87. The molecule has 1 amide bonds. The number of hydrogen-bond donors (Lipinski definition) is 0. The van der Waals surface area contributed by atoms with E-state index in [0.29, 0.717) is 19.7 Å². The molecule has 5 heteroatoms. The maximum Gasteiger partial charge on any atom is 0.307 e. The van der Waals surface area contributed by atoms with Crippen LogP contribution >= 0.6 is 0 Å². The SMILES string of the molecule is CCOC(=O)CCN(CC1CCCO1)C(C)=O. The molecule has 0 aromatic carbocycles. The van der Waals surface area contributed by atoms with Gasteiger partial charge in [-0.1, -0.05) is 0 Å². The number of nitrogens with zero attached hydrogens (tertiary/aromatic N) is 1. The minimum Gasteiger partial charge on any atom is -0.466 e. The number of ether oxygens (including phenoxy) is 2. The Morgan fingerprint density at radius 3 is 2.76 bits per heavy atom. The van der Waals surface area contributed by atoms with Crippen molar-refractivity contribution in [2.45, 2.75) is 39.2 Å².